The molecule has 0 aliphatic rings. The number of rotatable bonds is 9. The van der Waals surface area contributed by atoms with E-state index in [0.29, 0.717) is 30.0 Å². The van der Waals surface area contributed by atoms with Crippen LogP contribution in [0, 0.1) is 17.3 Å². The molecule has 0 saturated carbocycles. The number of nitrogens with one attached hydrogen (secondary N) is 2. The predicted molar refractivity (Wildman–Crippen MR) is 155 cm³/mol. The largest absolute Gasteiger partial charge is 0.493 e. The lowest BCUT2D eigenvalue weighted by Crippen LogP contribution is -2.34. The maximum Gasteiger partial charge on any atom is 0.257 e. The van der Waals surface area contributed by atoms with Gasteiger partial charge in [0.2, 0.25) is 5.91 Å². The van der Waals surface area contributed by atoms with E-state index in [0.717, 1.165) is 11.1 Å². The molecule has 0 aromatic heterocycles. The molecule has 7 heteroatoms. The Labute approximate surface area is 235 Å². The number of halogens is 1. The highest BCUT2D eigenvalue weighted by Crippen LogP contribution is 2.26. The molecule has 0 radical (unpaired) electrons. The van der Waals surface area contributed by atoms with Gasteiger partial charge < -0.3 is 15.4 Å². The topological polar surface area (TPSA) is 84.5 Å². The van der Waals surface area contributed by atoms with Crippen molar-refractivity contribution in [2.24, 2.45) is 5.41 Å². The summed E-state index contributed by atoms with van der Waals surface area (Å²) in [5.74, 6) is 5.88. The molecule has 0 saturated heterocycles. The van der Waals surface area contributed by atoms with E-state index in [1.54, 1.807) is 36.4 Å². The fourth-order valence-corrected chi connectivity index (χ4v) is 3.81. The van der Waals surface area contributed by atoms with Crippen molar-refractivity contribution < 1.29 is 19.1 Å². The number of ketones is 1. The first-order valence-corrected chi connectivity index (χ1v) is 13.2. The Morgan fingerprint density at radius 3 is 2.38 bits per heavy atom. The number of hydrogen-bond donors (Lipinski definition) is 2. The minimum absolute atomic E-state index is 0.0962. The zero-order valence-electron chi connectivity index (χ0n) is 22.7. The first-order chi connectivity index (χ1) is 18.6. The van der Waals surface area contributed by atoms with E-state index in [4.69, 9.17) is 16.3 Å². The molecule has 3 aromatic rings. The second kappa shape index (κ2) is 13.6. The Balaban J connectivity index is 1.73. The van der Waals surface area contributed by atoms with Crippen LogP contribution in [0.3, 0.4) is 0 Å². The number of carbonyl (C=O) groups is 3. The first kappa shape index (κ1) is 29.5. The average Bonchev–Trinajstić information content (AvgIpc) is 2.91. The molecule has 6 nitrogen and oxygen atoms in total. The van der Waals surface area contributed by atoms with Crippen LogP contribution in [0.15, 0.2) is 66.7 Å². The van der Waals surface area contributed by atoms with Crippen LogP contribution >= 0.6 is 11.6 Å². The first-order valence-electron chi connectivity index (χ1n) is 12.8. The van der Waals surface area contributed by atoms with Gasteiger partial charge in [0.15, 0.2) is 5.78 Å². The molecule has 39 heavy (non-hydrogen) atoms. The van der Waals surface area contributed by atoms with Gasteiger partial charge in [-0.1, -0.05) is 68.5 Å². The summed E-state index contributed by atoms with van der Waals surface area (Å²) in [4.78, 5) is 38.4. The molecule has 2 N–H and O–H groups in total. The minimum Gasteiger partial charge on any atom is -0.493 e. The quantitative estimate of drug-likeness (QED) is 0.233. The number of amides is 2. The summed E-state index contributed by atoms with van der Waals surface area (Å²) in [7, 11) is 0. The number of anilines is 1. The Kier molecular flexibility index (Phi) is 10.3. The zero-order chi connectivity index (χ0) is 28.4. The summed E-state index contributed by atoms with van der Waals surface area (Å²) in [5, 5.41) is 5.97. The number of ether oxygens (including phenoxy) is 1. The van der Waals surface area contributed by atoms with E-state index in [-0.39, 0.29) is 35.2 Å². The molecule has 0 atom stereocenters. The van der Waals surface area contributed by atoms with Crippen LogP contribution in [0.2, 0.25) is 5.02 Å². The van der Waals surface area contributed by atoms with Crippen molar-refractivity contribution in [1.82, 2.24) is 5.32 Å². The van der Waals surface area contributed by atoms with Gasteiger partial charge in [0.25, 0.3) is 5.91 Å². The number of Topliss-reactive ketones (excluding diaryl/α,β-unsaturated/α-hetero) is 1. The van der Waals surface area contributed by atoms with Gasteiger partial charge >= 0.3 is 0 Å². The Morgan fingerprint density at radius 1 is 0.949 bits per heavy atom. The van der Waals surface area contributed by atoms with Crippen molar-refractivity contribution >= 4 is 34.9 Å². The summed E-state index contributed by atoms with van der Waals surface area (Å²) in [6.45, 7) is 8.00. The van der Waals surface area contributed by atoms with E-state index in [1.165, 1.54) is 0 Å². The van der Waals surface area contributed by atoms with Crippen LogP contribution in [0.4, 0.5) is 5.69 Å². The van der Waals surface area contributed by atoms with E-state index in [2.05, 4.69) is 22.5 Å². The Bertz CT molecular complexity index is 1400. The number of hydrogen-bond acceptors (Lipinski definition) is 4. The third kappa shape index (κ3) is 8.73. The summed E-state index contributed by atoms with van der Waals surface area (Å²) in [6, 6.07) is 19.6. The molecular formula is C32H33ClN2O4. The van der Waals surface area contributed by atoms with Crippen LogP contribution in [0.5, 0.6) is 5.75 Å². The lowest BCUT2D eigenvalue weighted by molar-refractivity contribution is -0.128. The smallest absolute Gasteiger partial charge is 0.257 e. The molecule has 0 unspecified atom stereocenters. The van der Waals surface area contributed by atoms with Crippen LogP contribution in [-0.2, 0) is 11.3 Å². The van der Waals surface area contributed by atoms with Crippen molar-refractivity contribution in [2.45, 2.75) is 47.1 Å². The van der Waals surface area contributed by atoms with Gasteiger partial charge in [-0.3, -0.25) is 14.4 Å². The molecule has 2 amide bonds. The van der Waals surface area contributed by atoms with Crippen molar-refractivity contribution in [3.8, 4) is 17.6 Å². The third-order valence-electron chi connectivity index (χ3n) is 5.73. The normalized spacial score (nSPS) is 10.7. The molecule has 0 fully saturated rings. The molecule has 0 aliphatic heterocycles. The van der Waals surface area contributed by atoms with E-state index in [1.807, 2.05) is 58.0 Å². The van der Waals surface area contributed by atoms with Gasteiger partial charge in [0.05, 0.1) is 22.8 Å². The van der Waals surface area contributed by atoms with Crippen LogP contribution in [-0.4, -0.2) is 24.2 Å². The SMILES string of the molecule is CCOc1ccc(NC(=O)c2cc(CNC(=O)C(C)(C)C)ccc2Cl)cc1C(=O)CCC#Cc1ccccc1. The molecule has 0 heterocycles. The van der Waals surface area contributed by atoms with Crippen LogP contribution < -0.4 is 15.4 Å². The van der Waals surface area contributed by atoms with Gasteiger partial charge in [-0.15, -0.1) is 0 Å². The lowest BCUT2D eigenvalue weighted by atomic mass is 9.95. The third-order valence-corrected chi connectivity index (χ3v) is 6.06. The summed E-state index contributed by atoms with van der Waals surface area (Å²) in [5.41, 5.74) is 2.18. The van der Waals surface area contributed by atoms with E-state index < -0.39 is 11.3 Å². The van der Waals surface area contributed by atoms with Crippen LogP contribution in [0.1, 0.15) is 72.4 Å². The van der Waals surface area contributed by atoms with Crippen molar-refractivity contribution in [3.63, 3.8) is 0 Å². The Hall–Kier alpha value is -4.08. The molecule has 0 bridgehead atoms. The highest BCUT2D eigenvalue weighted by molar-refractivity contribution is 6.34. The molecule has 202 valence electrons. The fraction of sp³-hybridized carbons (Fsp3) is 0.281. The highest BCUT2D eigenvalue weighted by atomic mass is 35.5. The zero-order valence-corrected chi connectivity index (χ0v) is 23.4. The molecule has 3 rings (SSSR count). The fourth-order valence-electron chi connectivity index (χ4n) is 3.61. The van der Waals surface area contributed by atoms with Crippen LogP contribution in [0.25, 0.3) is 0 Å². The molecular weight excluding hydrogens is 512 g/mol. The molecule has 3 aromatic carbocycles. The second-order valence-corrected chi connectivity index (χ2v) is 10.3. The molecule has 0 spiro atoms. The number of benzene rings is 3. The maximum atomic E-state index is 13.1. The van der Waals surface area contributed by atoms with Gasteiger partial charge in [0, 0.05) is 36.1 Å². The average molecular weight is 545 g/mol. The van der Waals surface area contributed by atoms with E-state index >= 15 is 0 Å². The van der Waals surface area contributed by atoms with Gasteiger partial charge in [0.1, 0.15) is 5.75 Å². The lowest BCUT2D eigenvalue weighted by Gasteiger charge is -2.18. The van der Waals surface area contributed by atoms with Crippen molar-refractivity contribution in [1.29, 1.82) is 0 Å². The summed E-state index contributed by atoms with van der Waals surface area (Å²) < 4.78 is 5.66. The second-order valence-electron chi connectivity index (χ2n) is 9.94. The number of carbonyl (C=O) groups excluding carboxylic acids is 3. The van der Waals surface area contributed by atoms with E-state index in [9.17, 15) is 14.4 Å². The summed E-state index contributed by atoms with van der Waals surface area (Å²) in [6.07, 6.45) is 0.607. The predicted octanol–water partition coefficient (Wildman–Crippen LogP) is 6.67. The maximum absolute atomic E-state index is 13.1. The summed E-state index contributed by atoms with van der Waals surface area (Å²) >= 11 is 6.32. The van der Waals surface area contributed by atoms with Crippen molar-refractivity contribution in [2.75, 3.05) is 11.9 Å². The highest BCUT2D eigenvalue weighted by Gasteiger charge is 2.21. The monoisotopic (exact) mass is 544 g/mol. The Morgan fingerprint density at radius 2 is 1.69 bits per heavy atom. The standard InChI is InChI=1S/C32H33ClN2O4/c1-5-39-29-18-16-24(20-26(29)28(36)14-10-9-13-22-11-7-6-8-12-22)35-30(37)25-19-23(15-17-27(25)33)21-34-31(38)32(2,3)4/h6-8,11-12,15-20H,5,10,14,21H2,1-4H3,(H,34,38)(H,35,37). The molecule has 0 aliphatic carbocycles. The van der Waals surface area contributed by atoms with Gasteiger partial charge in [-0.05, 0) is 55.0 Å². The van der Waals surface area contributed by atoms with Gasteiger partial charge in [-0.2, -0.15) is 0 Å². The van der Waals surface area contributed by atoms with Crippen molar-refractivity contribution in [3.05, 3.63) is 94.0 Å². The van der Waals surface area contributed by atoms with Gasteiger partial charge in [-0.25, -0.2) is 0 Å². The minimum atomic E-state index is -0.524.